The highest BCUT2D eigenvalue weighted by Gasteiger charge is 2.12. The average Bonchev–Trinajstić information content (AvgIpc) is 2.77. The largest absolute Gasteiger partial charge is 0.384 e. The number of hydrogen-bond donors (Lipinski definition) is 3. The minimum atomic E-state index is -0.459. The highest BCUT2D eigenvalue weighted by Crippen LogP contribution is 2.24. The molecule has 0 aliphatic carbocycles. The molecule has 2 rings (SSSR count). The number of unbranched alkanes of at least 4 members (excludes halogenated alkanes) is 1. The van der Waals surface area contributed by atoms with Crippen LogP contribution in [0, 0.1) is 0 Å². The second kappa shape index (κ2) is 4.86. The van der Waals surface area contributed by atoms with E-state index in [1.54, 1.807) is 6.20 Å². The van der Waals surface area contributed by atoms with Gasteiger partial charge in [-0.05, 0) is 12.5 Å². The summed E-state index contributed by atoms with van der Waals surface area (Å²) >= 11 is 0. The normalized spacial score (nSPS) is 10.6. The van der Waals surface area contributed by atoms with Gasteiger partial charge in [-0.15, -0.1) is 0 Å². The number of fused-ring (bicyclic) bond motifs is 1. The lowest BCUT2D eigenvalue weighted by atomic mass is 10.1. The third-order valence-electron chi connectivity index (χ3n) is 2.68. The van der Waals surface area contributed by atoms with Gasteiger partial charge in [0.05, 0.1) is 11.3 Å². The van der Waals surface area contributed by atoms with Crippen LogP contribution in [0.4, 0.5) is 5.69 Å². The lowest BCUT2D eigenvalue weighted by Crippen LogP contribution is -2.15. The predicted octanol–water partition coefficient (Wildman–Crippen LogP) is 1.87. The van der Waals surface area contributed by atoms with Crippen LogP contribution in [0.2, 0.25) is 0 Å². The van der Waals surface area contributed by atoms with Crippen LogP contribution in [0.25, 0.3) is 11.0 Å². The number of rotatable bonds is 5. The molecule has 0 saturated carbocycles. The fourth-order valence-electron chi connectivity index (χ4n) is 1.78. The van der Waals surface area contributed by atoms with E-state index in [2.05, 4.69) is 22.2 Å². The van der Waals surface area contributed by atoms with E-state index in [4.69, 9.17) is 5.73 Å². The smallest absolute Gasteiger partial charge is 0.252 e. The molecule has 90 valence electrons. The summed E-state index contributed by atoms with van der Waals surface area (Å²) in [5.41, 5.74) is 7.32. The number of pyridine rings is 1. The van der Waals surface area contributed by atoms with Gasteiger partial charge in [0.1, 0.15) is 5.65 Å². The topological polar surface area (TPSA) is 83.8 Å². The highest BCUT2D eigenvalue weighted by molar-refractivity contribution is 6.05. The van der Waals surface area contributed by atoms with E-state index in [0.29, 0.717) is 5.56 Å². The van der Waals surface area contributed by atoms with Gasteiger partial charge in [-0.3, -0.25) is 4.79 Å². The first-order valence-electron chi connectivity index (χ1n) is 5.73. The summed E-state index contributed by atoms with van der Waals surface area (Å²) in [6.45, 7) is 2.94. The zero-order valence-corrected chi connectivity index (χ0v) is 9.79. The molecule has 17 heavy (non-hydrogen) atoms. The molecule has 4 N–H and O–H groups in total. The van der Waals surface area contributed by atoms with E-state index in [0.717, 1.165) is 36.1 Å². The summed E-state index contributed by atoms with van der Waals surface area (Å²) in [5.74, 6) is -0.459. The lowest BCUT2D eigenvalue weighted by Gasteiger charge is -2.10. The minimum Gasteiger partial charge on any atom is -0.384 e. The molecule has 0 aliphatic rings. The maximum Gasteiger partial charge on any atom is 0.252 e. The van der Waals surface area contributed by atoms with Crippen molar-refractivity contribution in [3.8, 4) is 0 Å². The van der Waals surface area contributed by atoms with Crippen molar-refractivity contribution in [2.75, 3.05) is 11.9 Å². The van der Waals surface area contributed by atoms with E-state index >= 15 is 0 Å². The molecule has 2 heterocycles. The van der Waals surface area contributed by atoms with Crippen molar-refractivity contribution in [3.05, 3.63) is 24.0 Å². The zero-order chi connectivity index (χ0) is 12.3. The van der Waals surface area contributed by atoms with Crippen LogP contribution in [0.1, 0.15) is 30.1 Å². The number of nitrogens with two attached hydrogens (primary N) is 1. The van der Waals surface area contributed by atoms with E-state index in [1.807, 2.05) is 6.07 Å². The Labute approximate surface area is 99.4 Å². The average molecular weight is 232 g/mol. The first-order valence-corrected chi connectivity index (χ1v) is 5.73. The van der Waals surface area contributed by atoms with E-state index in [-0.39, 0.29) is 0 Å². The molecular formula is C12H16N4O. The Hall–Kier alpha value is -2.04. The maximum atomic E-state index is 11.4. The summed E-state index contributed by atoms with van der Waals surface area (Å²) in [7, 11) is 0. The molecular weight excluding hydrogens is 216 g/mol. The molecule has 5 heteroatoms. The summed E-state index contributed by atoms with van der Waals surface area (Å²) in [5, 5.41) is 4.16. The van der Waals surface area contributed by atoms with Crippen molar-refractivity contribution < 1.29 is 4.79 Å². The third-order valence-corrected chi connectivity index (χ3v) is 2.68. The number of carbonyl (C=O) groups excluding carboxylic acids is 1. The highest BCUT2D eigenvalue weighted by atomic mass is 16.1. The third kappa shape index (κ3) is 2.22. The Morgan fingerprint density at radius 1 is 1.59 bits per heavy atom. The van der Waals surface area contributed by atoms with Crippen LogP contribution in [-0.4, -0.2) is 22.4 Å². The second-order valence-electron chi connectivity index (χ2n) is 3.93. The molecule has 0 spiro atoms. The fourth-order valence-corrected chi connectivity index (χ4v) is 1.78. The zero-order valence-electron chi connectivity index (χ0n) is 9.79. The number of carbonyl (C=O) groups is 1. The number of nitrogens with one attached hydrogen (secondary N) is 2. The number of aromatic amines is 1. The molecule has 2 aromatic rings. The van der Waals surface area contributed by atoms with Crippen LogP contribution in [-0.2, 0) is 0 Å². The molecule has 0 bridgehead atoms. The van der Waals surface area contributed by atoms with Crippen LogP contribution in [0.3, 0.4) is 0 Å². The van der Waals surface area contributed by atoms with Gasteiger partial charge < -0.3 is 16.0 Å². The Morgan fingerprint density at radius 3 is 3.12 bits per heavy atom. The quantitative estimate of drug-likeness (QED) is 0.688. The number of aromatic nitrogens is 2. The molecule has 0 aromatic carbocycles. The molecule has 2 aromatic heterocycles. The van der Waals surface area contributed by atoms with Crippen molar-refractivity contribution in [1.82, 2.24) is 9.97 Å². The lowest BCUT2D eigenvalue weighted by molar-refractivity contribution is 0.100. The van der Waals surface area contributed by atoms with Gasteiger partial charge in [0, 0.05) is 24.3 Å². The Balaban J connectivity index is 2.42. The molecule has 0 fully saturated rings. The fraction of sp³-hybridized carbons (Fsp3) is 0.333. The molecule has 0 saturated heterocycles. The number of anilines is 1. The van der Waals surface area contributed by atoms with Crippen molar-refractivity contribution in [3.63, 3.8) is 0 Å². The Bertz CT molecular complexity index is 532. The summed E-state index contributed by atoms with van der Waals surface area (Å²) in [6, 6.07) is 1.89. The van der Waals surface area contributed by atoms with Gasteiger partial charge in [0.25, 0.3) is 5.91 Å². The van der Waals surface area contributed by atoms with Crippen molar-refractivity contribution in [2.45, 2.75) is 19.8 Å². The van der Waals surface area contributed by atoms with Crippen molar-refractivity contribution in [1.29, 1.82) is 0 Å². The van der Waals surface area contributed by atoms with Crippen molar-refractivity contribution in [2.24, 2.45) is 5.73 Å². The summed E-state index contributed by atoms with van der Waals surface area (Å²) in [4.78, 5) is 18.5. The van der Waals surface area contributed by atoms with Crippen LogP contribution < -0.4 is 11.1 Å². The number of nitrogens with zero attached hydrogens (tertiary/aromatic N) is 1. The monoisotopic (exact) mass is 232 g/mol. The van der Waals surface area contributed by atoms with E-state index < -0.39 is 5.91 Å². The number of hydrogen-bond acceptors (Lipinski definition) is 3. The molecule has 0 aliphatic heterocycles. The van der Waals surface area contributed by atoms with E-state index in [1.165, 1.54) is 6.20 Å². The van der Waals surface area contributed by atoms with Gasteiger partial charge >= 0.3 is 0 Å². The predicted molar refractivity (Wildman–Crippen MR) is 68.0 cm³/mol. The van der Waals surface area contributed by atoms with E-state index in [9.17, 15) is 4.79 Å². The summed E-state index contributed by atoms with van der Waals surface area (Å²) < 4.78 is 0. The number of H-pyrrole nitrogens is 1. The van der Waals surface area contributed by atoms with Crippen LogP contribution in [0.15, 0.2) is 18.5 Å². The van der Waals surface area contributed by atoms with Gasteiger partial charge in [-0.2, -0.15) is 0 Å². The molecule has 5 nitrogen and oxygen atoms in total. The van der Waals surface area contributed by atoms with Gasteiger partial charge in [0.2, 0.25) is 0 Å². The summed E-state index contributed by atoms with van der Waals surface area (Å²) in [6.07, 6.45) is 5.45. The number of primary amides is 1. The molecule has 0 radical (unpaired) electrons. The van der Waals surface area contributed by atoms with Gasteiger partial charge in [-0.25, -0.2) is 4.98 Å². The molecule has 0 atom stereocenters. The Morgan fingerprint density at radius 2 is 2.41 bits per heavy atom. The van der Waals surface area contributed by atoms with Crippen LogP contribution in [0.5, 0.6) is 0 Å². The first-order chi connectivity index (χ1) is 8.24. The van der Waals surface area contributed by atoms with Crippen LogP contribution >= 0.6 is 0 Å². The number of amides is 1. The second-order valence-corrected chi connectivity index (χ2v) is 3.93. The van der Waals surface area contributed by atoms with Gasteiger partial charge in [-0.1, -0.05) is 13.3 Å². The first kappa shape index (κ1) is 11.4. The standard InChI is InChI=1S/C12H16N4O/c1-2-3-5-14-10-8-4-6-15-12(8)16-7-9(10)11(13)17/h4,6-7H,2-3,5H2,1H3,(H2,13,17)(H2,14,15,16). The SMILES string of the molecule is CCCCNc1c(C(N)=O)cnc2[nH]ccc12. The maximum absolute atomic E-state index is 11.4. The Kier molecular flexibility index (Phi) is 3.27. The molecule has 1 amide bonds. The molecule has 0 unspecified atom stereocenters. The minimum absolute atomic E-state index is 0.438. The van der Waals surface area contributed by atoms with Crippen molar-refractivity contribution >= 4 is 22.6 Å². The van der Waals surface area contributed by atoms with Gasteiger partial charge in [0.15, 0.2) is 0 Å².